The maximum Gasteiger partial charge on any atom is 0.333 e. The molecule has 0 unspecified atom stereocenters. The fourth-order valence-corrected chi connectivity index (χ4v) is 5.57. The van der Waals surface area contributed by atoms with Gasteiger partial charge in [0.2, 0.25) is 0 Å². The van der Waals surface area contributed by atoms with Crippen molar-refractivity contribution in [1.82, 2.24) is 9.29 Å². The van der Waals surface area contributed by atoms with Gasteiger partial charge in [-0.05, 0) is 47.9 Å². The predicted octanol–water partition coefficient (Wildman–Crippen LogP) is 4.54. The normalized spacial score (nSPS) is 11.4. The Kier molecular flexibility index (Phi) is 6.30. The number of rotatable bonds is 5. The van der Waals surface area contributed by atoms with Gasteiger partial charge in [-0.25, -0.2) is 26.7 Å². The minimum atomic E-state index is -4.19. The van der Waals surface area contributed by atoms with Crippen LogP contribution in [-0.2, 0) is 10.0 Å². The third-order valence-electron chi connectivity index (χ3n) is 4.78. The maximum absolute atomic E-state index is 14.7. The maximum atomic E-state index is 14.7. The number of nitrogens with zero attached hydrogens (tertiary/aromatic N) is 1. The van der Waals surface area contributed by atoms with Gasteiger partial charge in [-0.1, -0.05) is 11.6 Å². The van der Waals surface area contributed by atoms with Crippen molar-refractivity contribution in [3.63, 3.8) is 0 Å². The van der Waals surface area contributed by atoms with Crippen molar-refractivity contribution in [2.24, 2.45) is 0 Å². The van der Waals surface area contributed by atoms with E-state index in [0.717, 1.165) is 28.0 Å². The van der Waals surface area contributed by atoms with Crippen molar-refractivity contribution in [3.05, 3.63) is 81.1 Å². The lowest BCUT2D eigenvalue weighted by molar-refractivity contribution is 0.256. The molecule has 0 aliphatic rings. The third-order valence-corrected chi connectivity index (χ3v) is 7.83. The van der Waals surface area contributed by atoms with E-state index < -0.39 is 33.2 Å². The Morgan fingerprint density at radius 2 is 1.76 bits per heavy atom. The molecule has 0 bridgehead atoms. The second-order valence-corrected chi connectivity index (χ2v) is 10.6. The molecule has 0 saturated carbocycles. The molecule has 34 heavy (non-hydrogen) atoms. The summed E-state index contributed by atoms with van der Waals surface area (Å²) >= 11 is 6.47. The topological polar surface area (TPSA) is 109 Å². The number of anilines is 2. The first-order valence-corrected chi connectivity index (χ1v) is 12.2. The standard InChI is InChI=1S/C21H15ClF2N4O4S2/c1-25-17-8-11-6-7-28(20(29)13(11)10-15(17)24)12-2-3-16(14(23)9-12)26-21(30)27-34(31,32)19-5-4-18(22)33-19/h2-10,25H,1H3,(H2,26,27,30). The van der Waals surface area contributed by atoms with Crippen LogP contribution in [0.25, 0.3) is 16.5 Å². The zero-order valence-electron chi connectivity index (χ0n) is 17.2. The molecule has 0 spiro atoms. The van der Waals surface area contributed by atoms with E-state index in [1.54, 1.807) is 17.8 Å². The predicted molar refractivity (Wildman–Crippen MR) is 128 cm³/mol. The smallest absolute Gasteiger partial charge is 0.333 e. The molecule has 2 heterocycles. The van der Waals surface area contributed by atoms with Gasteiger partial charge in [0.05, 0.1) is 26.8 Å². The number of hydrogen-bond acceptors (Lipinski definition) is 6. The van der Waals surface area contributed by atoms with E-state index in [1.807, 2.05) is 0 Å². The number of fused-ring (bicyclic) bond motifs is 1. The van der Waals surface area contributed by atoms with E-state index in [2.05, 4.69) is 10.6 Å². The molecule has 4 aromatic rings. The molecule has 8 nitrogen and oxygen atoms in total. The molecule has 0 fully saturated rings. The Bertz CT molecular complexity index is 1600. The van der Waals surface area contributed by atoms with Gasteiger partial charge in [-0.3, -0.25) is 9.36 Å². The minimum absolute atomic E-state index is 0.0971. The number of aromatic nitrogens is 1. The van der Waals surface area contributed by atoms with Crippen molar-refractivity contribution in [2.45, 2.75) is 4.21 Å². The van der Waals surface area contributed by atoms with E-state index in [4.69, 9.17) is 11.6 Å². The summed E-state index contributed by atoms with van der Waals surface area (Å²) in [6.45, 7) is 0. The summed E-state index contributed by atoms with van der Waals surface area (Å²) in [6.07, 6.45) is 1.41. The van der Waals surface area contributed by atoms with Crippen molar-refractivity contribution < 1.29 is 22.0 Å². The average molecular weight is 525 g/mol. The van der Waals surface area contributed by atoms with E-state index >= 15 is 0 Å². The van der Waals surface area contributed by atoms with Gasteiger partial charge in [-0.15, -0.1) is 11.3 Å². The highest BCUT2D eigenvalue weighted by Gasteiger charge is 2.20. The van der Waals surface area contributed by atoms with E-state index in [0.29, 0.717) is 5.39 Å². The summed E-state index contributed by atoms with van der Waals surface area (Å²) in [5.74, 6) is -1.53. The molecule has 0 aliphatic carbocycles. The van der Waals surface area contributed by atoms with Crippen LogP contribution in [0.1, 0.15) is 0 Å². The van der Waals surface area contributed by atoms with E-state index in [9.17, 15) is 26.8 Å². The van der Waals surface area contributed by atoms with E-state index in [-0.39, 0.29) is 31.0 Å². The van der Waals surface area contributed by atoms with Gasteiger partial charge >= 0.3 is 6.03 Å². The van der Waals surface area contributed by atoms with Crippen LogP contribution in [0, 0.1) is 11.6 Å². The van der Waals surface area contributed by atoms with Crippen molar-refractivity contribution in [1.29, 1.82) is 0 Å². The van der Waals surface area contributed by atoms with Crippen LogP contribution in [0.5, 0.6) is 0 Å². The number of thiophene rings is 1. The van der Waals surface area contributed by atoms with Crippen LogP contribution in [-0.4, -0.2) is 26.1 Å². The zero-order chi connectivity index (χ0) is 24.6. The van der Waals surface area contributed by atoms with Gasteiger partial charge in [0, 0.05) is 19.3 Å². The molecular weight excluding hydrogens is 510 g/mol. The van der Waals surface area contributed by atoms with Crippen LogP contribution in [0.3, 0.4) is 0 Å². The number of hydrogen-bond donors (Lipinski definition) is 3. The Morgan fingerprint density at radius 1 is 1.03 bits per heavy atom. The van der Waals surface area contributed by atoms with Gasteiger partial charge in [0.1, 0.15) is 15.8 Å². The molecule has 0 atom stereocenters. The second-order valence-electron chi connectivity index (χ2n) is 6.94. The van der Waals surface area contributed by atoms with Crippen molar-refractivity contribution in [3.8, 4) is 5.69 Å². The minimum Gasteiger partial charge on any atom is -0.386 e. The third kappa shape index (κ3) is 4.60. The van der Waals surface area contributed by atoms with Gasteiger partial charge in [-0.2, -0.15) is 0 Å². The summed E-state index contributed by atoms with van der Waals surface area (Å²) in [5.41, 5.74) is -0.542. The first-order valence-electron chi connectivity index (χ1n) is 9.51. The summed E-state index contributed by atoms with van der Waals surface area (Å²) in [5, 5.41) is 5.39. The molecule has 0 saturated heterocycles. The number of pyridine rings is 1. The Hall–Kier alpha value is -3.48. The highest BCUT2D eigenvalue weighted by atomic mass is 35.5. The number of amides is 2. The number of carbonyl (C=O) groups excluding carboxylic acids is 1. The van der Waals surface area contributed by atoms with Crippen molar-refractivity contribution in [2.75, 3.05) is 17.7 Å². The quantitative estimate of drug-likeness (QED) is 0.355. The molecule has 0 aliphatic heterocycles. The molecule has 2 amide bonds. The Morgan fingerprint density at radius 3 is 2.41 bits per heavy atom. The lowest BCUT2D eigenvalue weighted by atomic mass is 10.1. The number of nitrogens with one attached hydrogen (secondary N) is 3. The molecule has 176 valence electrons. The number of halogens is 3. The molecular formula is C21H15ClF2N4O4S2. The van der Waals surface area contributed by atoms with Crippen LogP contribution in [0.4, 0.5) is 25.0 Å². The van der Waals surface area contributed by atoms with Crippen LogP contribution in [0.15, 0.2) is 63.7 Å². The molecule has 0 radical (unpaired) electrons. The monoisotopic (exact) mass is 524 g/mol. The van der Waals surface area contributed by atoms with Crippen molar-refractivity contribution >= 4 is 61.1 Å². The molecule has 13 heteroatoms. The Balaban J connectivity index is 1.59. The fraction of sp³-hybridized carbons (Fsp3) is 0.0476. The summed E-state index contributed by atoms with van der Waals surface area (Å²) in [7, 11) is -2.64. The molecule has 3 N–H and O–H groups in total. The van der Waals surface area contributed by atoms with Gasteiger partial charge in [0.15, 0.2) is 0 Å². The lowest BCUT2D eigenvalue weighted by Crippen LogP contribution is -2.34. The zero-order valence-corrected chi connectivity index (χ0v) is 19.6. The summed E-state index contributed by atoms with van der Waals surface area (Å²) in [4.78, 5) is 25.0. The van der Waals surface area contributed by atoms with Gasteiger partial charge in [0.25, 0.3) is 15.6 Å². The average Bonchev–Trinajstić information content (AvgIpc) is 3.22. The molecule has 4 rings (SSSR count). The lowest BCUT2D eigenvalue weighted by Gasteiger charge is -2.12. The first-order chi connectivity index (χ1) is 16.1. The highest BCUT2D eigenvalue weighted by molar-refractivity contribution is 7.92. The van der Waals surface area contributed by atoms with E-state index in [1.165, 1.54) is 36.5 Å². The number of carbonyl (C=O) groups is 1. The molecule has 2 aromatic heterocycles. The SMILES string of the molecule is CNc1cc2ccn(-c3ccc(NC(=O)NS(=O)(=O)c4ccc(Cl)s4)c(F)c3)c(=O)c2cc1F. The Labute approximate surface area is 200 Å². The second kappa shape index (κ2) is 9.05. The largest absolute Gasteiger partial charge is 0.386 e. The molecule has 2 aromatic carbocycles. The van der Waals surface area contributed by atoms with Crippen LogP contribution >= 0.6 is 22.9 Å². The first kappa shape index (κ1) is 23.7. The number of benzene rings is 2. The van der Waals surface area contributed by atoms with Gasteiger partial charge < -0.3 is 10.6 Å². The summed E-state index contributed by atoms with van der Waals surface area (Å²) in [6, 6.07) is 9.06. The number of sulfonamides is 1. The van der Waals surface area contributed by atoms with Crippen LogP contribution in [0.2, 0.25) is 4.34 Å². The fourth-order valence-electron chi connectivity index (χ4n) is 3.18. The summed E-state index contributed by atoms with van der Waals surface area (Å²) < 4.78 is 56.1. The van der Waals surface area contributed by atoms with Crippen LogP contribution < -0.4 is 20.9 Å². The highest BCUT2D eigenvalue weighted by Crippen LogP contribution is 2.26. The number of urea groups is 1.